The van der Waals surface area contributed by atoms with Gasteiger partial charge >= 0.3 is 0 Å². The Morgan fingerprint density at radius 1 is 1.20 bits per heavy atom. The van der Waals surface area contributed by atoms with E-state index < -0.39 is 0 Å². The maximum Gasteiger partial charge on any atom is 0.253 e. The van der Waals surface area contributed by atoms with Crippen LogP contribution in [0.4, 0.5) is 0 Å². The van der Waals surface area contributed by atoms with Gasteiger partial charge in [0, 0.05) is 36.4 Å². The number of nitrogens with one attached hydrogen (secondary N) is 1. The number of pyridine rings is 1. The predicted molar refractivity (Wildman–Crippen MR) is 95.1 cm³/mol. The third kappa shape index (κ3) is 2.87. The Bertz CT molecular complexity index is 944. The number of carbonyl (C=O) groups is 1. The zero-order valence-electron chi connectivity index (χ0n) is 13.8. The van der Waals surface area contributed by atoms with Crippen LogP contribution in [0, 0.1) is 11.3 Å². The number of hydrogen-bond acceptors (Lipinski definition) is 3. The summed E-state index contributed by atoms with van der Waals surface area (Å²) >= 11 is 0. The predicted octanol–water partition coefficient (Wildman–Crippen LogP) is 3.45. The van der Waals surface area contributed by atoms with Crippen LogP contribution in [0.2, 0.25) is 0 Å². The van der Waals surface area contributed by atoms with Crippen molar-refractivity contribution in [2.75, 3.05) is 13.1 Å². The van der Waals surface area contributed by atoms with Crippen molar-refractivity contribution in [3.63, 3.8) is 0 Å². The topological polar surface area (TPSA) is 72.8 Å². The van der Waals surface area contributed by atoms with Crippen molar-refractivity contribution in [3.05, 3.63) is 65.5 Å². The number of nitriles is 1. The molecule has 1 aromatic carbocycles. The molecule has 0 unspecified atom stereocenters. The number of fused-ring (bicyclic) bond motifs is 1. The van der Waals surface area contributed by atoms with Gasteiger partial charge in [-0.2, -0.15) is 5.26 Å². The third-order valence-electron chi connectivity index (χ3n) is 4.97. The molecule has 0 aliphatic carbocycles. The van der Waals surface area contributed by atoms with E-state index in [1.807, 2.05) is 11.0 Å². The maximum atomic E-state index is 12.6. The number of carbonyl (C=O) groups excluding carboxylic acids is 1. The van der Waals surface area contributed by atoms with E-state index >= 15 is 0 Å². The quantitative estimate of drug-likeness (QED) is 0.782. The number of benzene rings is 1. The Morgan fingerprint density at radius 2 is 1.96 bits per heavy atom. The number of aromatic nitrogens is 2. The summed E-state index contributed by atoms with van der Waals surface area (Å²) < 4.78 is 0. The first kappa shape index (κ1) is 15.4. The van der Waals surface area contributed by atoms with E-state index in [0.29, 0.717) is 17.0 Å². The molecule has 5 nitrogen and oxygen atoms in total. The van der Waals surface area contributed by atoms with Gasteiger partial charge in [-0.15, -0.1) is 0 Å². The Morgan fingerprint density at radius 3 is 2.68 bits per heavy atom. The molecule has 124 valence electrons. The molecule has 3 heterocycles. The van der Waals surface area contributed by atoms with E-state index in [-0.39, 0.29) is 5.91 Å². The molecule has 0 bridgehead atoms. The van der Waals surface area contributed by atoms with E-state index in [4.69, 9.17) is 5.26 Å². The molecule has 0 saturated carbocycles. The molecule has 1 N–H and O–H groups in total. The van der Waals surface area contributed by atoms with Crippen molar-refractivity contribution in [2.45, 2.75) is 18.8 Å². The average molecular weight is 330 g/mol. The number of piperidine rings is 1. The van der Waals surface area contributed by atoms with E-state index in [9.17, 15) is 4.79 Å². The van der Waals surface area contributed by atoms with Gasteiger partial charge in [0.1, 0.15) is 5.65 Å². The lowest BCUT2D eigenvalue weighted by atomic mass is 9.89. The number of hydrogen-bond donors (Lipinski definition) is 1. The highest BCUT2D eigenvalue weighted by molar-refractivity contribution is 5.94. The van der Waals surface area contributed by atoms with Crippen LogP contribution in [-0.2, 0) is 0 Å². The minimum absolute atomic E-state index is 0.0449. The van der Waals surface area contributed by atoms with Crippen LogP contribution in [0.1, 0.15) is 40.2 Å². The van der Waals surface area contributed by atoms with Crippen LogP contribution in [0.15, 0.2) is 48.8 Å². The van der Waals surface area contributed by atoms with Crippen molar-refractivity contribution in [2.24, 2.45) is 0 Å². The normalized spacial score (nSPS) is 15.2. The van der Waals surface area contributed by atoms with Gasteiger partial charge < -0.3 is 9.88 Å². The number of nitrogens with zero attached hydrogens (tertiary/aromatic N) is 3. The first-order valence-corrected chi connectivity index (χ1v) is 8.47. The molecule has 1 aliphatic rings. The molecule has 5 heteroatoms. The zero-order valence-corrected chi connectivity index (χ0v) is 13.8. The molecule has 3 aromatic rings. The minimum atomic E-state index is 0.0449. The highest BCUT2D eigenvalue weighted by Gasteiger charge is 2.26. The highest BCUT2D eigenvalue weighted by Crippen LogP contribution is 2.32. The minimum Gasteiger partial charge on any atom is -0.346 e. The molecule has 1 saturated heterocycles. The van der Waals surface area contributed by atoms with Gasteiger partial charge in [0.2, 0.25) is 0 Å². The van der Waals surface area contributed by atoms with E-state index in [2.05, 4.69) is 28.3 Å². The summed E-state index contributed by atoms with van der Waals surface area (Å²) in [5.41, 5.74) is 3.44. The van der Waals surface area contributed by atoms with E-state index in [1.165, 1.54) is 10.9 Å². The molecule has 2 aromatic heterocycles. The monoisotopic (exact) mass is 330 g/mol. The number of amides is 1. The summed E-state index contributed by atoms with van der Waals surface area (Å²) in [6, 6.07) is 13.0. The zero-order chi connectivity index (χ0) is 17.2. The lowest BCUT2D eigenvalue weighted by Gasteiger charge is -2.32. The Balaban J connectivity index is 1.46. The number of rotatable bonds is 2. The first-order valence-electron chi connectivity index (χ1n) is 8.47. The smallest absolute Gasteiger partial charge is 0.253 e. The van der Waals surface area contributed by atoms with Gasteiger partial charge in [-0.25, -0.2) is 4.98 Å². The standard InChI is InChI=1S/C20H18N4O/c21-12-14-3-5-16(6-4-14)20(25)24-10-7-15(8-11-24)18-13-23-19-17(18)2-1-9-22-19/h1-6,9,13,15H,7-8,10-11H2,(H,22,23). The Hall–Kier alpha value is -3.13. The van der Waals surface area contributed by atoms with Gasteiger partial charge in [0.25, 0.3) is 5.91 Å². The second-order valence-corrected chi connectivity index (χ2v) is 6.40. The SMILES string of the molecule is N#Cc1ccc(C(=O)N2CCC(c3c[nH]c4ncccc34)CC2)cc1. The summed E-state index contributed by atoms with van der Waals surface area (Å²) in [4.78, 5) is 22.1. The van der Waals surface area contributed by atoms with Gasteiger partial charge in [-0.1, -0.05) is 0 Å². The third-order valence-corrected chi connectivity index (χ3v) is 4.97. The van der Waals surface area contributed by atoms with Crippen LogP contribution < -0.4 is 0 Å². The molecule has 1 amide bonds. The van der Waals surface area contributed by atoms with Crippen LogP contribution >= 0.6 is 0 Å². The fourth-order valence-electron chi connectivity index (χ4n) is 3.58. The largest absolute Gasteiger partial charge is 0.346 e. The van der Waals surface area contributed by atoms with Crippen LogP contribution in [0.5, 0.6) is 0 Å². The molecule has 4 rings (SSSR count). The number of likely N-dealkylation sites (tertiary alicyclic amines) is 1. The fourth-order valence-corrected chi connectivity index (χ4v) is 3.58. The summed E-state index contributed by atoms with van der Waals surface area (Å²) in [6.45, 7) is 1.49. The second kappa shape index (κ2) is 6.40. The average Bonchev–Trinajstić information content (AvgIpc) is 3.12. The van der Waals surface area contributed by atoms with E-state index in [1.54, 1.807) is 30.5 Å². The molecule has 1 fully saturated rings. The molecule has 25 heavy (non-hydrogen) atoms. The molecular weight excluding hydrogens is 312 g/mol. The molecule has 0 atom stereocenters. The highest BCUT2D eigenvalue weighted by atomic mass is 16.2. The maximum absolute atomic E-state index is 12.6. The Labute approximate surface area is 145 Å². The van der Waals surface area contributed by atoms with Crippen molar-refractivity contribution in [1.82, 2.24) is 14.9 Å². The first-order chi connectivity index (χ1) is 12.3. The van der Waals surface area contributed by atoms with Crippen molar-refractivity contribution < 1.29 is 4.79 Å². The lowest BCUT2D eigenvalue weighted by molar-refractivity contribution is 0.0713. The van der Waals surface area contributed by atoms with Crippen LogP contribution in [-0.4, -0.2) is 33.9 Å². The van der Waals surface area contributed by atoms with Gasteiger partial charge in [-0.05, 0) is 60.7 Å². The molecular formula is C20H18N4O. The van der Waals surface area contributed by atoms with E-state index in [0.717, 1.165) is 31.6 Å². The van der Waals surface area contributed by atoms with Gasteiger partial charge in [0.15, 0.2) is 0 Å². The molecule has 1 aliphatic heterocycles. The second-order valence-electron chi connectivity index (χ2n) is 6.40. The number of aromatic amines is 1. The number of H-pyrrole nitrogens is 1. The summed E-state index contributed by atoms with van der Waals surface area (Å²) in [5, 5.41) is 10.0. The molecule has 0 radical (unpaired) electrons. The van der Waals surface area contributed by atoms with Crippen LogP contribution in [0.25, 0.3) is 11.0 Å². The fraction of sp³-hybridized carbons (Fsp3) is 0.250. The summed E-state index contributed by atoms with van der Waals surface area (Å²) in [7, 11) is 0. The van der Waals surface area contributed by atoms with Gasteiger partial charge in [0.05, 0.1) is 11.6 Å². The van der Waals surface area contributed by atoms with Crippen molar-refractivity contribution in [3.8, 4) is 6.07 Å². The summed E-state index contributed by atoms with van der Waals surface area (Å²) in [6.07, 6.45) is 5.75. The van der Waals surface area contributed by atoms with Crippen molar-refractivity contribution in [1.29, 1.82) is 5.26 Å². The van der Waals surface area contributed by atoms with Gasteiger partial charge in [-0.3, -0.25) is 4.79 Å². The van der Waals surface area contributed by atoms with Crippen molar-refractivity contribution >= 4 is 16.9 Å². The lowest BCUT2D eigenvalue weighted by Crippen LogP contribution is -2.37. The summed E-state index contributed by atoms with van der Waals surface area (Å²) in [5.74, 6) is 0.492. The molecule has 0 spiro atoms. The van der Waals surface area contributed by atoms with Crippen LogP contribution in [0.3, 0.4) is 0 Å². The Kier molecular flexibility index (Phi) is 3.95.